The van der Waals surface area contributed by atoms with Gasteiger partial charge in [-0.2, -0.15) is 0 Å². The van der Waals surface area contributed by atoms with Gasteiger partial charge in [0.15, 0.2) is 5.16 Å². The highest BCUT2D eigenvalue weighted by Gasteiger charge is 2.41. The van der Waals surface area contributed by atoms with E-state index in [-0.39, 0.29) is 23.4 Å². The summed E-state index contributed by atoms with van der Waals surface area (Å²) in [6, 6.07) is 13.3. The first-order valence-electron chi connectivity index (χ1n) is 8.01. The van der Waals surface area contributed by atoms with Gasteiger partial charge in [-0.1, -0.05) is 35.5 Å². The second kappa shape index (κ2) is 6.71. The summed E-state index contributed by atoms with van der Waals surface area (Å²) >= 11 is 6.87. The molecule has 2 amide bonds. The maximum absolute atomic E-state index is 12.8. The molecule has 0 aliphatic carbocycles. The van der Waals surface area contributed by atoms with Gasteiger partial charge in [0.2, 0.25) is 11.8 Å². The number of anilines is 1. The smallest absolute Gasteiger partial charge is 0.280 e. The minimum atomic E-state index is -0.712. The Bertz CT molecular complexity index is 1130. The van der Waals surface area contributed by atoms with Crippen LogP contribution in [0.1, 0.15) is 6.42 Å². The topological polar surface area (TPSA) is 98.3 Å². The largest absolute Gasteiger partial charge is 0.334 e. The summed E-state index contributed by atoms with van der Waals surface area (Å²) in [6.45, 7) is 0. The van der Waals surface area contributed by atoms with E-state index in [2.05, 4.69) is 4.98 Å². The number of hydrogen-bond donors (Lipinski definition) is 1. The number of rotatable bonds is 3. The Morgan fingerprint density at radius 3 is 2.52 bits per heavy atom. The van der Waals surface area contributed by atoms with E-state index in [4.69, 9.17) is 17.4 Å². The molecule has 1 atom stereocenters. The number of imide groups is 1. The van der Waals surface area contributed by atoms with Gasteiger partial charge in [-0.15, -0.1) is 0 Å². The van der Waals surface area contributed by atoms with Crippen LogP contribution in [-0.4, -0.2) is 26.7 Å². The molecule has 0 spiro atoms. The Kier molecular flexibility index (Phi) is 4.37. The second-order valence-electron chi connectivity index (χ2n) is 5.94. The van der Waals surface area contributed by atoms with Gasteiger partial charge >= 0.3 is 0 Å². The van der Waals surface area contributed by atoms with Crippen LogP contribution in [0.4, 0.5) is 5.69 Å². The second-order valence-corrected chi connectivity index (χ2v) is 7.55. The van der Waals surface area contributed by atoms with Crippen LogP contribution in [-0.2, 0) is 9.59 Å². The first-order valence-corrected chi connectivity index (χ1v) is 9.27. The molecule has 2 aromatic carbocycles. The maximum atomic E-state index is 12.8. The molecule has 136 valence electrons. The molecule has 9 heteroatoms. The number of nitrogens with zero attached hydrogens (tertiary/aromatic N) is 3. The fourth-order valence-electron chi connectivity index (χ4n) is 2.89. The third kappa shape index (κ3) is 3.07. The molecule has 2 heterocycles. The van der Waals surface area contributed by atoms with Crippen LogP contribution >= 0.6 is 23.4 Å². The molecule has 0 radical (unpaired) electrons. The van der Waals surface area contributed by atoms with E-state index in [0.717, 1.165) is 21.3 Å². The van der Waals surface area contributed by atoms with Crippen LogP contribution in [0.3, 0.4) is 0 Å². The highest BCUT2D eigenvalue weighted by atomic mass is 35.5. The Morgan fingerprint density at radius 2 is 1.78 bits per heavy atom. The molecule has 1 saturated heterocycles. The number of aromatic nitrogens is 2. The summed E-state index contributed by atoms with van der Waals surface area (Å²) in [6.07, 6.45) is -0.00514. The van der Waals surface area contributed by atoms with Crippen molar-refractivity contribution in [2.24, 2.45) is 0 Å². The van der Waals surface area contributed by atoms with E-state index in [9.17, 15) is 14.4 Å². The van der Waals surface area contributed by atoms with Gasteiger partial charge in [0, 0.05) is 11.4 Å². The van der Waals surface area contributed by atoms with Crippen molar-refractivity contribution in [2.75, 3.05) is 10.7 Å². The number of hydrogen-bond acceptors (Lipinski definition) is 6. The summed E-state index contributed by atoms with van der Waals surface area (Å²) in [5, 5.41) is 0.371. The zero-order valence-electron chi connectivity index (χ0n) is 13.8. The molecule has 1 aliphatic rings. The molecule has 27 heavy (non-hydrogen) atoms. The molecule has 1 fully saturated rings. The van der Waals surface area contributed by atoms with Crippen molar-refractivity contribution in [2.45, 2.75) is 16.8 Å². The third-order valence-corrected chi connectivity index (χ3v) is 5.62. The summed E-state index contributed by atoms with van der Waals surface area (Å²) < 4.78 is 0.912. The number of carbonyl (C=O) groups is 2. The van der Waals surface area contributed by atoms with Gasteiger partial charge in [0.25, 0.3) is 5.56 Å². The fraction of sp³-hybridized carbons (Fsp3) is 0.111. The standard InChI is InChI=1S/C18H13ClN4O3S/c19-10-5-7-11(8-6-10)22-15(24)9-14(17(22)26)27-18-21-13-4-2-1-3-12(13)16(25)23(18)20/h1-8,14H,9,20H2/t14-/m0/s1. The van der Waals surface area contributed by atoms with E-state index in [1.807, 2.05) is 0 Å². The zero-order chi connectivity index (χ0) is 19.1. The monoisotopic (exact) mass is 400 g/mol. The van der Waals surface area contributed by atoms with Crippen LogP contribution in [0.15, 0.2) is 58.5 Å². The van der Waals surface area contributed by atoms with Crippen molar-refractivity contribution in [1.82, 2.24) is 9.66 Å². The summed E-state index contributed by atoms with van der Waals surface area (Å²) in [5.74, 6) is 5.16. The molecule has 7 nitrogen and oxygen atoms in total. The fourth-order valence-corrected chi connectivity index (χ4v) is 4.05. The number of fused-ring (bicyclic) bond motifs is 1. The third-order valence-electron chi connectivity index (χ3n) is 4.21. The lowest BCUT2D eigenvalue weighted by Crippen LogP contribution is -2.32. The van der Waals surface area contributed by atoms with Crippen molar-refractivity contribution < 1.29 is 9.59 Å². The van der Waals surface area contributed by atoms with Crippen molar-refractivity contribution >= 4 is 51.8 Å². The zero-order valence-corrected chi connectivity index (χ0v) is 15.4. The van der Waals surface area contributed by atoms with Gasteiger partial charge < -0.3 is 5.84 Å². The molecule has 0 bridgehead atoms. The van der Waals surface area contributed by atoms with Crippen LogP contribution < -0.4 is 16.3 Å². The highest BCUT2D eigenvalue weighted by Crippen LogP contribution is 2.33. The molecule has 1 aliphatic heterocycles. The minimum Gasteiger partial charge on any atom is -0.334 e. The van der Waals surface area contributed by atoms with E-state index in [1.54, 1.807) is 48.5 Å². The average Bonchev–Trinajstić information content (AvgIpc) is 2.94. The van der Waals surface area contributed by atoms with Gasteiger partial charge in [-0.25, -0.2) is 14.6 Å². The number of thioether (sulfide) groups is 1. The SMILES string of the molecule is Nn1c(S[C@H]2CC(=O)N(c3ccc(Cl)cc3)C2=O)nc2ccccc2c1=O. The lowest BCUT2D eigenvalue weighted by Gasteiger charge is -2.15. The van der Waals surface area contributed by atoms with Gasteiger partial charge in [-0.05, 0) is 36.4 Å². The van der Waals surface area contributed by atoms with Crippen LogP contribution in [0.5, 0.6) is 0 Å². The number of nitrogen functional groups attached to an aromatic ring is 1. The normalized spacial score (nSPS) is 17.1. The van der Waals surface area contributed by atoms with E-state index in [1.165, 1.54) is 0 Å². The summed E-state index contributed by atoms with van der Waals surface area (Å²) in [4.78, 5) is 43.0. The number of amides is 2. The van der Waals surface area contributed by atoms with Crippen LogP contribution in [0.2, 0.25) is 5.02 Å². The molecule has 2 N–H and O–H groups in total. The van der Waals surface area contributed by atoms with E-state index in [0.29, 0.717) is 21.6 Å². The molecule has 3 aromatic rings. The van der Waals surface area contributed by atoms with E-state index < -0.39 is 10.8 Å². The Labute approximate surface area is 162 Å². The van der Waals surface area contributed by atoms with Crippen molar-refractivity contribution in [1.29, 1.82) is 0 Å². The summed E-state index contributed by atoms with van der Waals surface area (Å²) in [7, 11) is 0. The molecular formula is C18H13ClN4O3S. The van der Waals surface area contributed by atoms with Crippen LogP contribution in [0, 0.1) is 0 Å². The Hall–Kier alpha value is -2.84. The maximum Gasteiger partial charge on any atom is 0.280 e. The first-order chi connectivity index (χ1) is 13.0. The molecule has 0 saturated carbocycles. The average molecular weight is 401 g/mol. The minimum absolute atomic E-state index is 0.00514. The van der Waals surface area contributed by atoms with E-state index >= 15 is 0 Å². The lowest BCUT2D eigenvalue weighted by molar-refractivity contribution is -0.121. The number of para-hydroxylation sites is 1. The van der Waals surface area contributed by atoms with Crippen molar-refractivity contribution in [3.63, 3.8) is 0 Å². The van der Waals surface area contributed by atoms with Crippen molar-refractivity contribution in [3.05, 3.63) is 63.9 Å². The van der Waals surface area contributed by atoms with Crippen LogP contribution in [0.25, 0.3) is 10.9 Å². The number of nitrogens with two attached hydrogens (primary N) is 1. The number of halogens is 1. The predicted octanol–water partition coefficient (Wildman–Crippen LogP) is 2.19. The van der Waals surface area contributed by atoms with Gasteiger partial charge in [-0.3, -0.25) is 14.4 Å². The molecule has 0 unspecified atom stereocenters. The quantitative estimate of drug-likeness (QED) is 0.411. The first kappa shape index (κ1) is 17.6. The van der Waals surface area contributed by atoms with Crippen molar-refractivity contribution in [3.8, 4) is 0 Å². The Balaban J connectivity index is 1.66. The predicted molar refractivity (Wildman–Crippen MR) is 104 cm³/mol. The Morgan fingerprint density at radius 1 is 1.07 bits per heavy atom. The van der Waals surface area contributed by atoms with Gasteiger partial charge in [0.1, 0.15) is 5.25 Å². The molecule has 4 rings (SSSR count). The number of carbonyl (C=O) groups excluding carboxylic acids is 2. The van der Waals surface area contributed by atoms with Gasteiger partial charge in [0.05, 0.1) is 16.6 Å². The molecular weight excluding hydrogens is 388 g/mol. The number of benzene rings is 2. The molecule has 1 aromatic heterocycles. The lowest BCUT2D eigenvalue weighted by atomic mass is 10.2. The summed E-state index contributed by atoms with van der Waals surface area (Å²) in [5.41, 5.74) is 0.529. The highest BCUT2D eigenvalue weighted by molar-refractivity contribution is 8.00.